The number of hydrogen-bond donors (Lipinski definition) is 1. The van der Waals surface area contributed by atoms with Gasteiger partial charge in [0.05, 0.1) is 23.7 Å². The van der Waals surface area contributed by atoms with Gasteiger partial charge in [0.2, 0.25) is 5.91 Å². The van der Waals surface area contributed by atoms with Gasteiger partial charge in [0, 0.05) is 20.1 Å². The van der Waals surface area contributed by atoms with Gasteiger partial charge in [-0.05, 0) is 26.2 Å². The second kappa shape index (κ2) is 6.43. The minimum atomic E-state index is -0.134. The summed E-state index contributed by atoms with van der Waals surface area (Å²) in [6.45, 7) is 3.66. The number of thioether (sulfide) groups is 1. The summed E-state index contributed by atoms with van der Waals surface area (Å²) in [5, 5.41) is 9.78. The third-order valence-electron chi connectivity index (χ3n) is 3.50. The molecule has 0 bridgehead atoms. The molecule has 0 aliphatic carbocycles. The first-order valence-electron chi connectivity index (χ1n) is 6.70. The van der Waals surface area contributed by atoms with E-state index >= 15 is 0 Å². The van der Waals surface area contributed by atoms with Crippen LogP contribution in [-0.2, 0) is 18.4 Å². The second-order valence-corrected chi connectivity index (χ2v) is 6.20. The zero-order valence-electron chi connectivity index (χ0n) is 11.5. The van der Waals surface area contributed by atoms with Gasteiger partial charge in [-0.3, -0.25) is 4.79 Å². The lowest BCUT2D eigenvalue weighted by atomic mass is 10.1. The number of rotatable bonds is 4. The van der Waals surface area contributed by atoms with E-state index in [-0.39, 0.29) is 17.8 Å². The van der Waals surface area contributed by atoms with Crippen molar-refractivity contribution in [3.63, 3.8) is 0 Å². The average molecular weight is 283 g/mol. The number of carbonyl (C=O) groups is 1. The number of carbonyl (C=O) groups excluding carboxylic acids is 1. The monoisotopic (exact) mass is 283 g/mol. The average Bonchev–Trinajstić information content (AvgIpc) is 2.79. The fourth-order valence-corrected chi connectivity index (χ4v) is 3.22. The maximum atomic E-state index is 12.3. The summed E-state index contributed by atoms with van der Waals surface area (Å²) < 4.78 is 1.84. The number of amides is 1. The van der Waals surface area contributed by atoms with Gasteiger partial charge in [-0.15, -0.1) is 0 Å². The summed E-state index contributed by atoms with van der Waals surface area (Å²) in [5.41, 5.74) is 0.764. The Morgan fingerprint density at radius 3 is 2.74 bits per heavy atom. The van der Waals surface area contributed by atoms with E-state index in [9.17, 15) is 4.79 Å². The molecule has 1 aliphatic rings. The fourth-order valence-electron chi connectivity index (χ4n) is 2.26. The van der Waals surface area contributed by atoms with Crippen molar-refractivity contribution in [2.45, 2.75) is 43.2 Å². The molecule has 1 unspecified atom stereocenters. The Balaban J connectivity index is 1.97. The van der Waals surface area contributed by atoms with Crippen molar-refractivity contribution in [1.82, 2.24) is 14.5 Å². The number of aliphatic hydroxyl groups excluding tert-OH is 1. The number of piperidine rings is 1. The van der Waals surface area contributed by atoms with Gasteiger partial charge in [0.25, 0.3) is 0 Å². The van der Waals surface area contributed by atoms with Gasteiger partial charge in [-0.1, -0.05) is 11.8 Å². The highest BCUT2D eigenvalue weighted by molar-refractivity contribution is 8.00. The molecule has 1 N–H and O–H groups in total. The van der Waals surface area contributed by atoms with Crippen LogP contribution in [0.3, 0.4) is 0 Å². The molecule has 19 heavy (non-hydrogen) atoms. The van der Waals surface area contributed by atoms with E-state index in [1.807, 2.05) is 23.4 Å². The summed E-state index contributed by atoms with van der Waals surface area (Å²) >= 11 is 1.46. The van der Waals surface area contributed by atoms with Crippen LogP contribution < -0.4 is 0 Å². The number of aromatic nitrogens is 2. The van der Waals surface area contributed by atoms with E-state index in [4.69, 9.17) is 5.11 Å². The maximum absolute atomic E-state index is 12.3. The first kappa shape index (κ1) is 14.4. The van der Waals surface area contributed by atoms with Crippen molar-refractivity contribution in [2.24, 2.45) is 7.05 Å². The summed E-state index contributed by atoms with van der Waals surface area (Å²) in [7, 11) is 1.86. The first-order valence-corrected chi connectivity index (χ1v) is 7.58. The number of aliphatic hydroxyl groups is 1. The third kappa shape index (κ3) is 3.30. The van der Waals surface area contributed by atoms with E-state index in [1.165, 1.54) is 18.2 Å². The Hall–Kier alpha value is -1.01. The molecule has 0 radical (unpaired) electrons. The predicted octanol–water partition coefficient (Wildman–Crippen LogP) is 1.41. The molecule has 106 valence electrons. The fraction of sp³-hybridized carbons (Fsp3) is 0.692. The molecule has 1 amide bonds. The number of nitrogens with zero attached hydrogens (tertiary/aromatic N) is 3. The first-order chi connectivity index (χ1) is 9.13. The van der Waals surface area contributed by atoms with E-state index in [0.29, 0.717) is 0 Å². The second-order valence-electron chi connectivity index (χ2n) is 4.90. The molecular formula is C13H21N3O2S. The lowest BCUT2D eigenvalue weighted by Crippen LogP contribution is -2.40. The van der Waals surface area contributed by atoms with Crippen molar-refractivity contribution in [1.29, 1.82) is 0 Å². The van der Waals surface area contributed by atoms with Crippen LogP contribution in [0.1, 0.15) is 31.9 Å². The van der Waals surface area contributed by atoms with Gasteiger partial charge in [-0.25, -0.2) is 4.98 Å². The number of likely N-dealkylation sites (tertiary alicyclic amines) is 1. The van der Waals surface area contributed by atoms with Crippen LogP contribution in [0, 0.1) is 0 Å². The molecule has 5 nitrogen and oxygen atoms in total. The lowest BCUT2D eigenvalue weighted by molar-refractivity contribution is -0.131. The van der Waals surface area contributed by atoms with Gasteiger partial charge in [0.1, 0.15) is 0 Å². The molecule has 1 aliphatic heterocycles. The van der Waals surface area contributed by atoms with Crippen LogP contribution in [0.5, 0.6) is 0 Å². The zero-order chi connectivity index (χ0) is 13.8. The Labute approximate surface area is 118 Å². The van der Waals surface area contributed by atoms with E-state index in [2.05, 4.69) is 4.98 Å². The Bertz CT molecular complexity index is 441. The van der Waals surface area contributed by atoms with Crippen molar-refractivity contribution in [2.75, 3.05) is 13.1 Å². The van der Waals surface area contributed by atoms with E-state index in [0.717, 1.165) is 36.8 Å². The van der Waals surface area contributed by atoms with Crippen molar-refractivity contribution >= 4 is 17.7 Å². The lowest BCUT2D eigenvalue weighted by Gasteiger charge is -2.28. The van der Waals surface area contributed by atoms with Crippen LogP contribution in [0.4, 0.5) is 0 Å². The standard InChI is InChI=1S/C13H21N3O2S/c1-10(12(18)16-6-4-3-5-7-16)19-13-14-8-11(9-17)15(13)2/h8,10,17H,3-7,9H2,1-2H3. The summed E-state index contributed by atoms with van der Waals surface area (Å²) in [6.07, 6.45) is 5.10. The molecule has 1 atom stereocenters. The minimum Gasteiger partial charge on any atom is -0.390 e. The molecular weight excluding hydrogens is 262 g/mol. The highest BCUT2D eigenvalue weighted by Crippen LogP contribution is 2.24. The topological polar surface area (TPSA) is 58.4 Å². The predicted molar refractivity (Wildman–Crippen MR) is 74.9 cm³/mol. The van der Waals surface area contributed by atoms with Crippen LogP contribution in [0.2, 0.25) is 0 Å². The summed E-state index contributed by atoms with van der Waals surface area (Å²) in [4.78, 5) is 18.5. The van der Waals surface area contributed by atoms with Gasteiger partial charge < -0.3 is 14.6 Å². The molecule has 0 spiro atoms. The van der Waals surface area contributed by atoms with E-state index < -0.39 is 0 Å². The highest BCUT2D eigenvalue weighted by atomic mass is 32.2. The molecule has 1 aromatic rings. The summed E-state index contributed by atoms with van der Waals surface area (Å²) in [6, 6.07) is 0. The SMILES string of the molecule is CC(Sc1ncc(CO)n1C)C(=O)N1CCCCC1. The minimum absolute atomic E-state index is 0.0293. The molecule has 6 heteroatoms. The van der Waals surface area contributed by atoms with Gasteiger partial charge in [-0.2, -0.15) is 0 Å². The van der Waals surface area contributed by atoms with E-state index in [1.54, 1.807) is 6.20 Å². The van der Waals surface area contributed by atoms with Gasteiger partial charge >= 0.3 is 0 Å². The van der Waals surface area contributed by atoms with Crippen LogP contribution >= 0.6 is 11.8 Å². The largest absolute Gasteiger partial charge is 0.390 e. The Kier molecular flexibility index (Phi) is 4.87. The molecule has 0 aromatic carbocycles. The Morgan fingerprint density at radius 1 is 1.47 bits per heavy atom. The normalized spacial score (nSPS) is 17.5. The maximum Gasteiger partial charge on any atom is 0.235 e. The number of imidazole rings is 1. The van der Waals surface area contributed by atoms with Crippen molar-refractivity contribution < 1.29 is 9.90 Å². The molecule has 1 saturated heterocycles. The Morgan fingerprint density at radius 2 is 2.16 bits per heavy atom. The number of hydrogen-bond acceptors (Lipinski definition) is 4. The highest BCUT2D eigenvalue weighted by Gasteiger charge is 2.24. The van der Waals surface area contributed by atoms with Gasteiger partial charge in [0.15, 0.2) is 5.16 Å². The molecule has 1 aromatic heterocycles. The molecule has 2 heterocycles. The van der Waals surface area contributed by atoms with Crippen molar-refractivity contribution in [3.05, 3.63) is 11.9 Å². The zero-order valence-corrected chi connectivity index (χ0v) is 12.3. The van der Waals surface area contributed by atoms with Crippen LogP contribution in [0.25, 0.3) is 0 Å². The van der Waals surface area contributed by atoms with Crippen molar-refractivity contribution in [3.8, 4) is 0 Å². The summed E-state index contributed by atoms with van der Waals surface area (Å²) in [5.74, 6) is 0.193. The molecule has 0 saturated carbocycles. The third-order valence-corrected chi connectivity index (χ3v) is 4.65. The van der Waals surface area contributed by atoms with Crippen LogP contribution in [-0.4, -0.2) is 43.8 Å². The molecule has 2 rings (SSSR count). The quantitative estimate of drug-likeness (QED) is 0.849. The molecule has 1 fully saturated rings. The smallest absolute Gasteiger partial charge is 0.235 e. The van der Waals surface area contributed by atoms with Crippen LogP contribution in [0.15, 0.2) is 11.4 Å².